The van der Waals surface area contributed by atoms with Crippen LogP contribution in [-0.4, -0.2) is 68.1 Å². The van der Waals surface area contributed by atoms with Crippen LogP contribution in [0.15, 0.2) is 17.6 Å². The van der Waals surface area contributed by atoms with Gasteiger partial charge < -0.3 is 9.47 Å². The highest BCUT2D eigenvalue weighted by atomic mass is 35.5. The molecule has 4 rings (SSSR count). The first-order valence-electron chi connectivity index (χ1n) is 11.2. The molecule has 3 heterocycles. The lowest BCUT2D eigenvalue weighted by atomic mass is 9.84. The van der Waals surface area contributed by atoms with E-state index < -0.39 is 0 Å². The molecule has 172 valence electrons. The molecule has 1 aliphatic heterocycles. The molecule has 9 heteroatoms. The van der Waals surface area contributed by atoms with Crippen molar-refractivity contribution in [3.8, 4) is 0 Å². The van der Waals surface area contributed by atoms with Gasteiger partial charge in [-0.05, 0) is 25.8 Å². The van der Waals surface area contributed by atoms with E-state index in [1.54, 1.807) is 18.1 Å². The van der Waals surface area contributed by atoms with E-state index in [0.29, 0.717) is 5.92 Å². The fourth-order valence-electron chi connectivity index (χ4n) is 3.90. The molecule has 0 radical (unpaired) electrons. The van der Waals surface area contributed by atoms with Crippen molar-refractivity contribution in [1.82, 2.24) is 29.6 Å². The first kappa shape index (κ1) is 24.3. The van der Waals surface area contributed by atoms with Gasteiger partial charge in [0.1, 0.15) is 18.0 Å². The van der Waals surface area contributed by atoms with Crippen molar-refractivity contribution in [2.75, 3.05) is 43.4 Å². The molecule has 0 N–H and O–H groups in total. The predicted octanol–water partition coefficient (Wildman–Crippen LogP) is 3.90. The molecule has 31 heavy (non-hydrogen) atoms. The lowest BCUT2D eigenvalue weighted by Gasteiger charge is -2.36. The normalized spacial score (nSPS) is 18.0. The number of rotatable bonds is 7. The quantitative estimate of drug-likeness (QED) is 0.454. The van der Waals surface area contributed by atoms with Gasteiger partial charge in [-0.2, -0.15) is 0 Å². The lowest BCUT2D eigenvalue weighted by molar-refractivity contribution is 0.258. The van der Waals surface area contributed by atoms with Crippen molar-refractivity contribution < 1.29 is 0 Å². The first-order valence-corrected chi connectivity index (χ1v) is 12.2. The van der Waals surface area contributed by atoms with Crippen molar-refractivity contribution in [2.45, 2.75) is 62.9 Å². The van der Waals surface area contributed by atoms with Crippen molar-refractivity contribution in [3.63, 3.8) is 0 Å². The van der Waals surface area contributed by atoms with E-state index >= 15 is 0 Å². The van der Waals surface area contributed by atoms with Crippen molar-refractivity contribution in [2.24, 2.45) is 7.05 Å². The van der Waals surface area contributed by atoms with Crippen LogP contribution in [0.3, 0.4) is 0 Å². The third-order valence-electron chi connectivity index (χ3n) is 6.18. The molecule has 2 fully saturated rings. The van der Waals surface area contributed by atoms with Crippen molar-refractivity contribution in [3.05, 3.63) is 23.9 Å². The molecule has 0 aromatic carbocycles. The average Bonchev–Trinajstić information content (AvgIpc) is 3.08. The molecule has 0 unspecified atom stereocenters. The largest absolute Gasteiger partial charge is 0.354 e. The number of nitrogens with zero attached hydrogens (tertiary/aromatic N) is 7. The highest BCUT2D eigenvalue weighted by Crippen LogP contribution is 2.36. The zero-order valence-corrected chi connectivity index (χ0v) is 20.9. The van der Waals surface area contributed by atoms with Crippen molar-refractivity contribution in [1.29, 1.82) is 0 Å². The number of hydrogen-bond acceptors (Lipinski definition) is 7. The van der Waals surface area contributed by atoms with Crippen LogP contribution in [0.25, 0.3) is 0 Å². The number of aromatic nitrogens is 5. The van der Waals surface area contributed by atoms with E-state index in [0.717, 1.165) is 55.3 Å². The number of halogens is 1. The van der Waals surface area contributed by atoms with E-state index in [-0.39, 0.29) is 17.8 Å². The summed E-state index contributed by atoms with van der Waals surface area (Å²) in [5, 5.41) is 9.08. The van der Waals surface area contributed by atoms with Gasteiger partial charge in [0.15, 0.2) is 5.16 Å². The summed E-state index contributed by atoms with van der Waals surface area (Å²) in [5.41, 5.74) is 1.23. The second-order valence-corrected chi connectivity index (χ2v) is 10.7. The van der Waals surface area contributed by atoms with Gasteiger partial charge in [-0.3, -0.25) is 4.90 Å². The maximum atomic E-state index is 5.01. The van der Waals surface area contributed by atoms with Gasteiger partial charge in [-0.1, -0.05) is 39.0 Å². The van der Waals surface area contributed by atoms with E-state index in [1.165, 1.54) is 31.4 Å². The molecule has 1 saturated heterocycles. The number of piperazine rings is 1. The topological polar surface area (TPSA) is 63.0 Å². The van der Waals surface area contributed by atoms with Crippen LogP contribution in [0, 0.1) is 0 Å². The Morgan fingerprint density at radius 1 is 1.10 bits per heavy atom. The Hall–Kier alpha value is -1.38. The second kappa shape index (κ2) is 10.5. The number of anilines is 1. The maximum absolute atomic E-state index is 5.01. The highest BCUT2D eigenvalue weighted by Gasteiger charge is 2.27. The summed E-state index contributed by atoms with van der Waals surface area (Å²) >= 11 is 1.79. The molecule has 1 aliphatic carbocycles. The standard InChI is InChI=1S/C22H35N7S.ClH/c1-22(2,3)18-15-19(25-20(24-18)17-7-5-8-17)29-12-10-28(11-13-29)9-6-14-30-21-26-23-16-27(21)4;/h15-17H,5-14H2,1-4H3;1H. The fraction of sp³-hybridized carbons (Fsp3) is 0.727. The SMILES string of the molecule is Cl.Cn1cnnc1SCCCN1CCN(c2cc(C(C)(C)C)nc(C3CCC3)n2)CC1. The third kappa shape index (κ3) is 6.11. The number of aryl methyl sites for hydroxylation is 1. The fourth-order valence-corrected chi connectivity index (χ4v) is 4.71. The minimum absolute atomic E-state index is 0. The van der Waals surface area contributed by atoms with Gasteiger partial charge in [0.05, 0.1) is 5.69 Å². The lowest BCUT2D eigenvalue weighted by Crippen LogP contribution is -2.47. The Labute approximate surface area is 196 Å². The molecule has 0 amide bonds. The molecular weight excluding hydrogens is 430 g/mol. The van der Waals surface area contributed by atoms with Crippen LogP contribution in [0.5, 0.6) is 0 Å². The van der Waals surface area contributed by atoms with Crippen LogP contribution in [0.2, 0.25) is 0 Å². The molecule has 0 bridgehead atoms. The Bertz CT molecular complexity index is 839. The molecule has 0 spiro atoms. The van der Waals surface area contributed by atoms with E-state index in [4.69, 9.17) is 9.97 Å². The van der Waals surface area contributed by atoms with Gasteiger partial charge in [0, 0.05) is 56.4 Å². The zero-order valence-electron chi connectivity index (χ0n) is 19.3. The summed E-state index contributed by atoms with van der Waals surface area (Å²) in [5.74, 6) is 3.86. The second-order valence-electron chi connectivity index (χ2n) is 9.60. The monoisotopic (exact) mass is 465 g/mol. The van der Waals surface area contributed by atoms with E-state index in [9.17, 15) is 0 Å². The minimum Gasteiger partial charge on any atom is -0.354 e. The Morgan fingerprint density at radius 3 is 2.42 bits per heavy atom. The van der Waals surface area contributed by atoms with E-state index in [2.05, 4.69) is 46.8 Å². The summed E-state index contributed by atoms with van der Waals surface area (Å²) in [7, 11) is 2.00. The molecule has 2 aliphatic rings. The maximum Gasteiger partial charge on any atom is 0.190 e. The van der Waals surface area contributed by atoms with Crippen molar-refractivity contribution >= 4 is 30.0 Å². The number of thioether (sulfide) groups is 1. The molecule has 7 nitrogen and oxygen atoms in total. The summed E-state index contributed by atoms with van der Waals surface area (Å²) in [4.78, 5) is 15.0. The van der Waals surface area contributed by atoms with Crippen LogP contribution in [-0.2, 0) is 12.5 Å². The summed E-state index contributed by atoms with van der Waals surface area (Å²) in [6.07, 6.45) is 6.73. The summed E-state index contributed by atoms with van der Waals surface area (Å²) in [6.45, 7) is 12.2. The Morgan fingerprint density at radius 2 is 1.84 bits per heavy atom. The number of hydrogen-bond donors (Lipinski definition) is 0. The minimum atomic E-state index is 0. The first-order chi connectivity index (χ1) is 14.4. The van der Waals surface area contributed by atoms with Crippen LogP contribution >= 0.6 is 24.2 Å². The molecule has 0 atom stereocenters. The third-order valence-corrected chi connectivity index (χ3v) is 7.31. The molecule has 1 saturated carbocycles. The van der Waals surface area contributed by atoms with Crippen LogP contribution < -0.4 is 4.90 Å². The summed E-state index contributed by atoms with van der Waals surface area (Å²) < 4.78 is 1.98. The van der Waals surface area contributed by atoms with Gasteiger partial charge in [0.25, 0.3) is 0 Å². The van der Waals surface area contributed by atoms with Gasteiger partial charge in [-0.15, -0.1) is 22.6 Å². The average molecular weight is 466 g/mol. The van der Waals surface area contributed by atoms with E-state index in [1.807, 2.05) is 11.6 Å². The molecule has 2 aromatic heterocycles. The van der Waals surface area contributed by atoms with Crippen LogP contribution in [0.1, 0.15) is 63.9 Å². The molecule has 2 aromatic rings. The molecular formula is C22H36ClN7S. The van der Waals surface area contributed by atoms with Gasteiger partial charge in [0.2, 0.25) is 0 Å². The van der Waals surface area contributed by atoms with Crippen LogP contribution in [0.4, 0.5) is 5.82 Å². The Balaban J connectivity index is 0.00000272. The highest BCUT2D eigenvalue weighted by molar-refractivity contribution is 7.99. The summed E-state index contributed by atoms with van der Waals surface area (Å²) in [6, 6.07) is 2.23. The van der Waals surface area contributed by atoms with Gasteiger partial charge >= 0.3 is 0 Å². The zero-order chi connectivity index (χ0) is 21.1. The van der Waals surface area contributed by atoms with Gasteiger partial charge in [-0.25, -0.2) is 9.97 Å². The predicted molar refractivity (Wildman–Crippen MR) is 130 cm³/mol. The smallest absolute Gasteiger partial charge is 0.190 e. The Kier molecular flexibility index (Phi) is 8.21.